The number of nitrogens with zero attached hydrogens (tertiary/aromatic N) is 2. The molecule has 2 aromatic carbocycles. The van der Waals surface area contributed by atoms with Crippen molar-refractivity contribution in [2.45, 2.75) is 12.6 Å². The Balaban J connectivity index is 1.48. The van der Waals surface area contributed by atoms with E-state index in [1.54, 1.807) is 23.1 Å². The Morgan fingerprint density at radius 1 is 1.00 bits per heavy atom. The number of rotatable bonds is 4. The quantitative estimate of drug-likeness (QED) is 0.787. The molecule has 8 heteroatoms. The lowest BCUT2D eigenvalue weighted by Crippen LogP contribution is -2.50. The fourth-order valence-corrected chi connectivity index (χ4v) is 3.13. The minimum atomic E-state index is -4.45. The molecule has 2 aromatic rings. The number of amides is 2. The van der Waals surface area contributed by atoms with Gasteiger partial charge < -0.3 is 10.2 Å². The Morgan fingerprint density at radius 3 is 2.39 bits per heavy atom. The molecule has 2 amide bonds. The number of nitrogens with one attached hydrogen (secondary N) is 1. The first-order valence-electron chi connectivity index (χ1n) is 9.02. The van der Waals surface area contributed by atoms with Crippen LogP contribution in [0.3, 0.4) is 0 Å². The fraction of sp³-hybridized carbons (Fsp3) is 0.350. The number of piperazine rings is 1. The third-order valence-corrected chi connectivity index (χ3v) is 4.76. The van der Waals surface area contributed by atoms with Crippen LogP contribution in [0.5, 0.6) is 0 Å². The standard InChI is InChI=1S/C20H21F4N3O/c21-18-7-2-1-4-15(18)8-9-26-10-12-27(13-11-26)19(28)25-17-6-3-5-16(14-17)20(22,23)24/h1-7,14H,8-13H2,(H,25,28). The number of urea groups is 1. The predicted octanol–water partition coefficient (Wildman–Crippen LogP) is 4.24. The summed E-state index contributed by atoms with van der Waals surface area (Å²) in [4.78, 5) is 16.0. The van der Waals surface area contributed by atoms with Crippen LogP contribution in [0.25, 0.3) is 0 Å². The smallest absolute Gasteiger partial charge is 0.322 e. The minimum Gasteiger partial charge on any atom is -0.322 e. The molecule has 150 valence electrons. The molecule has 0 aliphatic carbocycles. The number of anilines is 1. The summed E-state index contributed by atoms with van der Waals surface area (Å²) in [5, 5.41) is 2.52. The lowest BCUT2D eigenvalue weighted by molar-refractivity contribution is -0.137. The highest BCUT2D eigenvalue weighted by molar-refractivity contribution is 5.89. The molecule has 0 aromatic heterocycles. The van der Waals surface area contributed by atoms with E-state index in [0.29, 0.717) is 44.7 Å². The molecule has 0 atom stereocenters. The Hall–Kier alpha value is -2.61. The van der Waals surface area contributed by atoms with Crippen molar-refractivity contribution >= 4 is 11.7 Å². The average Bonchev–Trinajstić information content (AvgIpc) is 2.67. The van der Waals surface area contributed by atoms with E-state index < -0.39 is 17.8 Å². The monoisotopic (exact) mass is 395 g/mol. The number of benzene rings is 2. The molecule has 0 spiro atoms. The van der Waals surface area contributed by atoms with E-state index >= 15 is 0 Å². The zero-order valence-corrected chi connectivity index (χ0v) is 15.2. The second-order valence-electron chi connectivity index (χ2n) is 6.68. The molecule has 1 aliphatic rings. The van der Waals surface area contributed by atoms with E-state index in [4.69, 9.17) is 0 Å². The van der Waals surface area contributed by atoms with Crippen molar-refractivity contribution in [1.29, 1.82) is 0 Å². The van der Waals surface area contributed by atoms with Gasteiger partial charge in [-0.25, -0.2) is 9.18 Å². The molecule has 4 nitrogen and oxygen atoms in total. The second-order valence-corrected chi connectivity index (χ2v) is 6.68. The van der Waals surface area contributed by atoms with Gasteiger partial charge in [0.15, 0.2) is 0 Å². The number of alkyl halides is 3. The minimum absolute atomic E-state index is 0.113. The van der Waals surface area contributed by atoms with Gasteiger partial charge >= 0.3 is 12.2 Å². The van der Waals surface area contributed by atoms with Crippen molar-refractivity contribution in [3.63, 3.8) is 0 Å². The molecule has 1 saturated heterocycles. The fourth-order valence-electron chi connectivity index (χ4n) is 3.13. The van der Waals surface area contributed by atoms with Crippen molar-refractivity contribution in [3.05, 3.63) is 65.5 Å². The Kier molecular flexibility index (Phi) is 6.18. The lowest BCUT2D eigenvalue weighted by atomic mass is 10.1. The first-order chi connectivity index (χ1) is 13.3. The number of halogens is 4. The summed E-state index contributed by atoms with van der Waals surface area (Å²) in [7, 11) is 0. The molecular formula is C20H21F4N3O. The molecule has 1 heterocycles. The normalized spacial score (nSPS) is 15.5. The van der Waals surface area contributed by atoms with Crippen LogP contribution < -0.4 is 5.32 Å². The van der Waals surface area contributed by atoms with Gasteiger partial charge in [0, 0.05) is 38.4 Å². The Labute approximate surface area is 160 Å². The topological polar surface area (TPSA) is 35.6 Å². The molecule has 1 N–H and O–H groups in total. The second kappa shape index (κ2) is 8.60. The van der Waals surface area contributed by atoms with E-state index in [2.05, 4.69) is 10.2 Å². The highest BCUT2D eigenvalue weighted by Crippen LogP contribution is 2.30. The highest BCUT2D eigenvalue weighted by atomic mass is 19.4. The van der Waals surface area contributed by atoms with Crippen molar-refractivity contribution in [1.82, 2.24) is 9.80 Å². The molecular weight excluding hydrogens is 374 g/mol. The predicted molar refractivity (Wildman–Crippen MR) is 98.6 cm³/mol. The first-order valence-corrected chi connectivity index (χ1v) is 9.02. The molecule has 1 aliphatic heterocycles. The van der Waals surface area contributed by atoms with Gasteiger partial charge in [-0.3, -0.25) is 4.90 Å². The lowest BCUT2D eigenvalue weighted by Gasteiger charge is -2.34. The number of hydrogen-bond acceptors (Lipinski definition) is 2. The van der Waals surface area contributed by atoms with Gasteiger partial charge in [0.2, 0.25) is 0 Å². The summed E-state index contributed by atoms with van der Waals surface area (Å²) < 4.78 is 52.0. The van der Waals surface area contributed by atoms with Crippen LogP contribution in [0.2, 0.25) is 0 Å². The van der Waals surface area contributed by atoms with Gasteiger partial charge in [0.05, 0.1) is 5.56 Å². The third kappa shape index (κ3) is 5.22. The van der Waals surface area contributed by atoms with Gasteiger partial charge in [0.1, 0.15) is 5.82 Å². The van der Waals surface area contributed by atoms with Crippen LogP contribution in [-0.2, 0) is 12.6 Å². The van der Waals surface area contributed by atoms with E-state index in [1.807, 2.05) is 0 Å². The summed E-state index contributed by atoms with van der Waals surface area (Å²) in [5.41, 5.74) is -0.0303. The van der Waals surface area contributed by atoms with Gasteiger partial charge in [-0.2, -0.15) is 13.2 Å². The molecule has 0 radical (unpaired) electrons. The van der Waals surface area contributed by atoms with Gasteiger partial charge in [-0.15, -0.1) is 0 Å². The molecule has 1 fully saturated rings. The van der Waals surface area contributed by atoms with Gasteiger partial charge in [0.25, 0.3) is 0 Å². The van der Waals surface area contributed by atoms with Crippen LogP contribution in [0, 0.1) is 5.82 Å². The number of carbonyl (C=O) groups excluding carboxylic acids is 1. The molecule has 3 rings (SSSR count). The largest absolute Gasteiger partial charge is 0.416 e. The Bertz CT molecular complexity index is 817. The van der Waals surface area contributed by atoms with E-state index in [-0.39, 0.29) is 11.5 Å². The van der Waals surface area contributed by atoms with E-state index in [9.17, 15) is 22.4 Å². The van der Waals surface area contributed by atoms with Gasteiger partial charge in [-0.05, 0) is 36.2 Å². The average molecular weight is 395 g/mol. The van der Waals surface area contributed by atoms with Crippen LogP contribution >= 0.6 is 0 Å². The highest BCUT2D eigenvalue weighted by Gasteiger charge is 2.30. The molecule has 28 heavy (non-hydrogen) atoms. The van der Waals surface area contributed by atoms with E-state index in [0.717, 1.165) is 12.1 Å². The summed E-state index contributed by atoms with van der Waals surface area (Å²) in [6.45, 7) is 2.86. The summed E-state index contributed by atoms with van der Waals surface area (Å²) in [6, 6.07) is 10.8. The summed E-state index contributed by atoms with van der Waals surface area (Å²) >= 11 is 0. The summed E-state index contributed by atoms with van der Waals surface area (Å²) in [5.74, 6) is -0.221. The van der Waals surface area contributed by atoms with Gasteiger partial charge in [-0.1, -0.05) is 24.3 Å². The van der Waals surface area contributed by atoms with Crippen LogP contribution in [0.1, 0.15) is 11.1 Å². The third-order valence-electron chi connectivity index (χ3n) is 4.76. The maximum atomic E-state index is 13.7. The number of carbonyl (C=O) groups is 1. The maximum absolute atomic E-state index is 13.7. The first kappa shape index (κ1) is 20.1. The SMILES string of the molecule is O=C(Nc1cccc(C(F)(F)F)c1)N1CCN(CCc2ccccc2F)CC1. The molecule has 0 unspecified atom stereocenters. The zero-order valence-electron chi connectivity index (χ0n) is 15.2. The van der Waals surface area contributed by atoms with Crippen LogP contribution in [0.15, 0.2) is 48.5 Å². The van der Waals surface area contributed by atoms with Crippen LogP contribution in [0.4, 0.5) is 28.0 Å². The van der Waals surface area contributed by atoms with Crippen molar-refractivity contribution in [2.75, 3.05) is 38.0 Å². The molecule has 0 saturated carbocycles. The maximum Gasteiger partial charge on any atom is 0.416 e. The van der Waals surface area contributed by atoms with Crippen molar-refractivity contribution in [3.8, 4) is 0 Å². The number of hydrogen-bond donors (Lipinski definition) is 1. The Morgan fingerprint density at radius 2 is 1.71 bits per heavy atom. The van der Waals surface area contributed by atoms with Crippen molar-refractivity contribution < 1.29 is 22.4 Å². The van der Waals surface area contributed by atoms with E-state index in [1.165, 1.54) is 18.2 Å². The van der Waals surface area contributed by atoms with Crippen LogP contribution in [-0.4, -0.2) is 48.6 Å². The molecule has 0 bridgehead atoms. The zero-order chi connectivity index (χ0) is 20.1. The summed E-state index contributed by atoms with van der Waals surface area (Å²) in [6.07, 6.45) is -3.87. The van der Waals surface area contributed by atoms with Crippen molar-refractivity contribution in [2.24, 2.45) is 0 Å².